The highest BCUT2D eigenvalue weighted by atomic mass is 35.5. The smallest absolute Gasteiger partial charge is 0.343 e. The fraction of sp³-hybridized carbons (Fsp3) is 0.583. The normalized spacial score (nSPS) is 18.9. The van der Waals surface area contributed by atoms with E-state index >= 15 is 0 Å². The van der Waals surface area contributed by atoms with Crippen LogP contribution in [0.25, 0.3) is 0 Å². The highest BCUT2D eigenvalue weighted by Gasteiger charge is 2.20. The summed E-state index contributed by atoms with van der Waals surface area (Å²) in [4.78, 5) is 19.7. The van der Waals surface area contributed by atoms with Gasteiger partial charge in [-0.25, -0.2) is 9.78 Å². The number of rotatable bonds is 4. The monoisotopic (exact) mass is 285 g/mol. The number of carbonyl (C=O) groups excluding carboxylic acids is 1. The molecule has 0 aromatic carbocycles. The third kappa shape index (κ3) is 3.78. The first-order valence-electron chi connectivity index (χ1n) is 6.24. The van der Waals surface area contributed by atoms with Gasteiger partial charge in [0, 0.05) is 12.8 Å². The second-order valence-corrected chi connectivity index (χ2v) is 4.52. The Balaban J connectivity index is 2.16. The number of ether oxygens (including phenoxy) is 2. The molecule has 2 heterocycles. The number of nitrogens with one attached hydrogen (secondary N) is 1. The van der Waals surface area contributed by atoms with Crippen molar-refractivity contribution < 1.29 is 14.3 Å². The molecule has 0 aliphatic carbocycles. The molecule has 7 heteroatoms. The number of esters is 1. The van der Waals surface area contributed by atoms with Crippen molar-refractivity contribution in [3.8, 4) is 0 Å². The van der Waals surface area contributed by atoms with Gasteiger partial charge in [0.2, 0.25) is 5.28 Å². The van der Waals surface area contributed by atoms with E-state index in [1.54, 1.807) is 6.92 Å². The Morgan fingerprint density at radius 2 is 2.53 bits per heavy atom. The van der Waals surface area contributed by atoms with E-state index < -0.39 is 5.97 Å². The topological polar surface area (TPSA) is 73.3 Å². The first-order chi connectivity index (χ1) is 9.20. The van der Waals surface area contributed by atoms with E-state index in [0.29, 0.717) is 19.0 Å². The lowest BCUT2D eigenvalue weighted by Gasteiger charge is -2.24. The molecule has 2 rings (SSSR count). The van der Waals surface area contributed by atoms with Crippen LogP contribution in [0.3, 0.4) is 0 Å². The quantitative estimate of drug-likeness (QED) is 0.673. The molecule has 19 heavy (non-hydrogen) atoms. The van der Waals surface area contributed by atoms with Crippen LogP contribution >= 0.6 is 11.6 Å². The van der Waals surface area contributed by atoms with Crippen molar-refractivity contribution in [3.63, 3.8) is 0 Å². The number of anilines is 1. The minimum Gasteiger partial charge on any atom is -0.462 e. The van der Waals surface area contributed by atoms with Gasteiger partial charge in [-0.1, -0.05) is 0 Å². The minimum absolute atomic E-state index is 0.0901. The molecular formula is C12H16ClN3O3. The van der Waals surface area contributed by atoms with Crippen LogP contribution in [0.2, 0.25) is 5.28 Å². The zero-order valence-corrected chi connectivity index (χ0v) is 11.4. The summed E-state index contributed by atoms with van der Waals surface area (Å²) in [6, 6.07) is 0.118. The minimum atomic E-state index is -0.460. The van der Waals surface area contributed by atoms with Gasteiger partial charge in [-0.3, -0.25) is 0 Å². The summed E-state index contributed by atoms with van der Waals surface area (Å²) in [7, 11) is 0. The van der Waals surface area contributed by atoms with Gasteiger partial charge in [-0.05, 0) is 31.4 Å². The summed E-state index contributed by atoms with van der Waals surface area (Å²) < 4.78 is 10.3. The summed E-state index contributed by atoms with van der Waals surface area (Å²) in [5.74, 6) is -0.0626. The van der Waals surface area contributed by atoms with E-state index in [2.05, 4.69) is 15.3 Å². The van der Waals surface area contributed by atoms with Gasteiger partial charge in [0.15, 0.2) is 0 Å². The van der Waals surface area contributed by atoms with Gasteiger partial charge in [0.25, 0.3) is 0 Å². The summed E-state index contributed by atoms with van der Waals surface area (Å²) in [6.07, 6.45) is 3.31. The molecule has 1 aromatic rings. The average molecular weight is 286 g/mol. The van der Waals surface area contributed by atoms with Crippen molar-refractivity contribution in [2.45, 2.75) is 25.8 Å². The third-order valence-corrected chi connectivity index (χ3v) is 2.94. The first-order valence-corrected chi connectivity index (χ1v) is 6.62. The van der Waals surface area contributed by atoms with Gasteiger partial charge in [0.05, 0.1) is 19.3 Å². The van der Waals surface area contributed by atoms with Crippen molar-refractivity contribution in [2.75, 3.05) is 25.1 Å². The number of nitrogens with zero attached hydrogens (tertiary/aromatic N) is 2. The predicted octanol–water partition coefficient (Wildman–Crippen LogP) is 1.90. The number of hydrogen-bond acceptors (Lipinski definition) is 6. The van der Waals surface area contributed by atoms with Crippen molar-refractivity contribution in [2.24, 2.45) is 0 Å². The number of aromatic nitrogens is 2. The highest BCUT2D eigenvalue weighted by Crippen LogP contribution is 2.19. The maximum atomic E-state index is 11.8. The van der Waals surface area contributed by atoms with Gasteiger partial charge in [0.1, 0.15) is 11.4 Å². The molecule has 1 aromatic heterocycles. The summed E-state index contributed by atoms with van der Waals surface area (Å²) in [6.45, 7) is 3.40. The van der Waals surface area contributed by atoms with Gasteiger partial charge < -0.3 is 14.8 Å². The molecule has 1 saturated heterocycles. The maximum Gasteiger partial charge on any atom is 0.343 e. The van der Waals surface area contributed by atoms with Crippen molar-refractivity contribution >= 4 is 23.4 Å². The molecule has 104 valence electrons. The molecule has 1 aliphatic heterocycles. The van der Waals surface area contributed by atoms with E-state index in [4.69, 9.17) is 21.1 Å². The molecule has 0 saturated carbocycles. The van der Waals surface area contributed by atoms with Gasteiger partial charge >= 0.3 is 5.97 Å². The Bertz CT molecular complexity index is 450. The second-order valence-electron chi connectivity index (χ2n) is 4.18. The van der Waals surface area contributed by atoms with Crippen molar-refractivity contribution in [1.29, 1.82) is 0 Å². The molecule has 0 spiro atoms. The molecule has 1 fully saturated rings. The van der Waals surface area contributed by atoms with Crippen LogP contribution in [0.1, 0.15) is 30.1 Å². The highest BCUT2D eigenvalue weighted by molar-refractivity contribution is 6.28. The van der Waals surface area contributed by atoms with Crippen molar-refractivity contribution in [1.82, 2.24) is 9.97 Å². The lowest BCUT2D eigenvalue weighted by Crippen LogP contribution is -2.31. The van der Waals surface area contributed by atoms with Crippen LogP contribution < -0.4 is 5.32 Å². The van der Waals surface area contributed by atoms with E-state index in [0.717, 1.165) is 19.4 Å². The van der Waals surface area contributed by atoms with Gasteiger partial charge in [-0.2, -0.15) is 4.98 Å². The molecule has 0 amide bonds. The summed E-state index contributed by atoms with van der Waals surface area (Å²) in [5.41, 5.74) is 0.289. The standard InChI is InChI=1S/C12H16ClN3O3/c1-2-19-11(17)9-6-14-12(13)16-10(9)15-8-4-3-5-18-7-8/h6,8H,2-5,7H2,1H3,(H,14,15,16). The number of halogens is 1. The van der Waals surface area contributed by atoms with E-state index in [1.165, 1.54) is 6.20 Å². The largest absolute Gasteiger partial charge is 0.462 e. The molecule has 0 radical (unpaired) electrons. The fourth-order valence-electron chi connectivity index (χ4n) is 1.88. The van der Waals surface area contributed by atoms with E-state index in [9.17, 15) is 4.79 Å². The number of hydrogen-bond donors (Lipinski definition) is 1. The molecule has 1 aliphatic rings. The second kappa shape index (κ2) is 6.68. The van der Waals surface area contributed by atoms with Crippen molar-refractivity contribution in [3.05, 3.63) is 17.0 Å². The fourth-order valence-corrected chi connectivity index (χ4v) is 2.01. The third-order valence-electron chi connectivity index (χ3n) is 2.76. The van der Waals surface area contributed by atoms with Gasteiger partial charge in [-0.15, -0.1) is 0 Å². The summed E-state index contributed by atoms with van der Waals surface area (Å²) >= 11 is 5.77. The maximum absolute atomic E-state index is 11.8. The number of carbonyl (C=O) groups is 1. The molecule has 6 nitrogen and oxygen atoms in total. The molecule has 1 atom stereocenters. The lowest BCUT2D eigenvalue weighted by atomic mass is 10.1. The summed E-state index contributed by atoms with van der Waals surface area (Å²) in [5, 5.41) is 3.26. The van der Waals surface area contributed by atoms with Crippen LogP contribution in [0, 0.1) is 0 Å². The Hall–Kier alpha value is -1.40. The van der Waals surface area contributed by atoms with Crippen LogP contribution in [-0.2, 0) is 9.47 Å². The zero-order chi connectivity index (χ0) is 13.7. The van der Waals surface area contributed by atoms with Crippen LogP contribution in [-0.4, -0.2) is 41.8 Å². The molecule has 0 bridgehead atoms. The zero-order valence-electron chi connectivity index (χ0n) is 10.7. The molecule has 1 N–H and O–H groups in total. The Morgan fingerprint density at radius 1 is 1.68 bits per heavy atom. The average Bonchev–Trinajstić information content (AvgIpc) is 2.40. The first kappa shape index (κ1) is 14.0. The Morgan fingerprint density at radius 3 is 3.21 bits per heavy atom. The van der Waals surface area contributed by atoms with Crippen LogP contribution in [0.15, 0.2) is 6.20 Å². The molecule has 1 unspecified atom stereocenters. The molecular weight excluding hydrogens is 270 g/mol. The van der Waals surface area contributed by atoms with E-state index in [1.807, 2.05) is 0 Å². The van der Waals surface area contributed by atoms with Crippen LogP contribution in [0.4, 0.5) is 5.82 Å². The Kier molecular flexibility index (Phi) is 4.93. The van der Waals surface area contributed by atoms with Crippen LogP contribution in [0.5, 0.6) is 0 Å². The predicted molar refractivity (Wildman–Crippen MR) is 70.5 cm³/mol. The SMILES string of the molecule is CCOC(=O)c1cnc(Cl)nc1NC1CCCOC1. The lowest BCUT2D eigenvalue weighted by molar-refractivity contribution is 0.0526. The van der Waals surface area contributed by atoms with E-state index in [-0.39, 0.29) is 16.9 Å². The Labute approximate surface area is 116 Å².